The van der Waals surface area contributed by atoms with Gasteiger partial charge in [-0.2, -0.15) is 15.8 Å². The van der Waals surface area contributed by atoms with Gasteiger partial charge in [0, 0.05) is 0 Å². The first-order valence-corrected chi connectivity index (χ1v) is 7.24. The lowest BCUT2D eigenvalue weighted by atomic mass is 9.54. The van der Waals surface area contributed by atoms with Gasteiger partial charge in [-0.25, -0.2) is 0 Å². The van der Waals surface area contributed by atoms with E-state index in [1.807, 2.05) is 18.2 Å². The van der Waals surface area contributed by atoms with Gasteiger partial charge in [-0.15, -0.1) is 0 Å². The normalized spacial score (nSPS) is 29.4. The summed E-state index contributed by atoms with van der Waals surface area (Å²) in [4.78, 5) is 0. The number of rotatable bonds is 1. The molecule has 0 aliphatic heterocycles. The average Bonchev–Trinajstić information content (AvgIpc) is 3.08. The second-order valence-corrected chi connectivity index (χ2v) is 5.74. The lowest BCUT2D eigenvalue weighted by Gasteiger charge is -2.44. The molecule has 5 heteroatoms. The molecule has 1 saturated carbocycles. The van der Waals surface area contributed by atoms with Crippen LogP contribution in [0.25, 0.3) is 0 Å². The molecule has 22 heavy (non-hydrogen) atoms. The Bertz CT molecular complexity index is 740. The standard InChI is InChI=1S/C17H14N4O/c18-8-13-11-4-1-2-5-12(11)15(14-6-3-7-22-14)17(9-19,10-20)16(13)21/h3-4,6-7,12-13,15,21H,1-2,5H2/t12-,13-,15-/m1/s1. The number of nitrogens with one attached hydrogen (secondary N) is 1. The first-order valence-electron chi connectivity index (χ1n) is 7.24. The van der Waals surface area contributed by atoms with Crippen LogP contribution in [0.5, 0.6) is 0 Å². The van der Waals surface area contributed by atoms with E-state index in [9.17, 15) is 15.8 Å². The molecule has 0 unspecified atom stereocenters. The fourth-order valence-electron chi connectivity index (χ4n) is 3.78. The molecule has 5 nitrogen and oxygen atoms in total. The molecule has 1 N–H and O–H groups in total. The highest BCUT2D eigenvalue weighted by Gasteiger charge is 2.58. The van der Waals surface area contributed by atoms with Crippen LogP contribution in [0.1, 0.15) is 30.9 Å². The summed E-state index contributed by atoms with van der Waals surface area (Å²) in [6.07, 6.45) is 6.14. The fraction of sp³-hybridized carbons (Fsp3) is 0.412. The smallest absolute Gasteiger partial charge is 0.192 e. The van der Waals surface area contributed by atoms with Crippen molar-refractivity contribution >= 4 is 5.71 Å². The van der Waals surface area contributed by atoms with Crippen LogP contribution in [0.15, 0.2) is 34.5 Å². The largest absolute Gasteiger partial charge is 0.469 e. The summed E-state index contributed by atoms with van der Waals surface area (Å²) in [6, 6.07) is 9.65. The van der Waals surface area contributed by atoms with Gasteiger partial charge in [0.05, 0.1) is 36.1 Å². The van der Waals surface area contributed by atoms with Crippen LogP contribution in [-0.4, -0.2) is 5.71 Å². The molecule has 2 aliphatic rings. The summed E-state index contributed by atoms with van der Waals surface area (Å²) in [5, 5.41) is 37.2. The lowest BCUT2D eigenvalue weighted by molar-refractivity contribution is 0.279. The SMILES string of the molecule is N#C[C@H]1C(=N)C(C#N)(C#N)[C@@H](c2ccco2)[C@@H]2CCCC=C12. The van der Waals surface area contributed by atoms with E-state index in [1.165, 1.54) is 6.26 Å². The maximum atomic E-state index is 9.70. The van der Waals surface area contributed by atoms with E-state index in [2.05, 4.69) is 6.07 Å². The van der Waals surface area contributed by atoms with Crippen molar-refractivity contribution in [1.29, 1.82) is 21.2 Å². The Morgan fingerprint density at radius 3 is 2.64 bits per heavy atom. The molecular formula is C17H14N4O. The molecular weight excluding hydrogens is 276 g/mol. The van der Waals surface area contributed by atoms with Gasteiger partial charge in [0.25, 0.3) is 0 Å². The van der Waals surface area contributed by atoms with Crippen LogP contribution in [-0.2, 0) is 0 Å². The molecule has 3 rings (SSSR count). The van der Waals surface area contributed by atoms with Crippen LogP contribution in [0.4, 0.5) is 0 Å². The molecule has 0 saturated heterocycles. The Morgan fingerprint density at radius 1 is 1.27 bits per heavy atom. The van der Waals surface area contributed by atoms with Crippen LogP contribution >= 0.6 is 0 Å². The Balaban J connectivity index is 2.25. The summed E-state index contributed by atoms with van der Waals surface area (Å²) in [6.45, 7) is 0. The number of hydrogen-bond donors (Lipinski definition) is 1. The molecule has 1 heterocycles. The van der Waals surface area contributed by atoms with E-state index in [0.29, 0.717) is 5.76 Å². The zero-order valence-corrected chi connectivity index (χ0v) is 11.9. The van der Waals surface area contributed by atoms with Crippen LogP contribution in [0, 0.1) is 56.7 Å². The van der Waals surface area contributed by atoms with Crippen LogP contribution in [0.3, 0.4) is 0 Å². The molecule has 1 fully saturated rings. The summed E-state index contributed by atoms with van der Waals surface area (Å²) in [7, 11) is 0. The number of allylic oxidation sites excluding steroid dienone is 2. The molecule has 3 atom stereocenters. The number of furan rings is 1. The highest BCUT2D eigenvalue weighted by atomic mass is 16.3. The van der Waals surface area contributed by atoms with E-state index in [0.717, 1.165) is 24.8 Å². The molecule has 0 spiro atoms. The number of hydrogen-bond acceptors (Lipinski definition) is 5. The second kappa shape index (κ2) is 5.17. The monoisotopic (exact) mass is 290 g/mol. The fourth-order valence-corrected chi connectivity index (χ4v) is 3.78. The Morgan fingerprint density at radius 2 is 2.05 bits per heavy atom. The van der Waals surface area contributed by atoms with E-state index in [4.69, 9.17) is 9.83 Å². The van der Waals surface area contributed by atoms with Crippen molar-refractivity contribution in [2.45, 2.75) is 25.2 Å². The van der Waals surface area contributed by atoms with E-state index >= 15 is 0 Å². The van der Waals surface area contributed by atoms with Crippen molar-refractivity contribution in [2.24, 2.45) is 17.3 Å². The van der Waals surface area contributed by atoms with Gasteiger partial charge in [-0.1, -0.05) is 6.08 Å². The number of fused-ring (bicyclic) bond motifs is 1. The lowest BCUT2D eigenvalue weighted by Crippen LogP contribution is -2.48. The zero-order chi connectivity index (χ0) is 15.7. The molecule has 1 aromatic rings. The number of nitrogens with zero attached hydrogens (tertiary/aromatic N) is 3. The quantitative estimate of drug-likeness (QED) is 0.800. The van der Waals surface area contributed by atoms with Gasteiger partial charge < -0.3 is 9.83 Å². The topological polar surface area (TPSA) is 108 Å². The van der Waals surface area contributed by atoms with Gasteiger partial charge in [0.15, 0.2) is 5.41 Å². The van der Waals surface area contributed by atoms with Gasteiger partial charge in [-0.3, -0.25) is 0 Å². The Kier molecular flexibility index (Phi) is 3.32. The highest BCUT2D eigenvalue weighted by Crippen LogP contribution is 2.55. The van der Waals surface area contributed by atoms with Crippen LogP contribution in [0.2, 0.25) is 0 Å². The second-order valence-electron chi connectivity index (χ2n) is 5.74. The molecule has 0 radical (unpaired) electrons. The molecule has 0 bridgehead atoms. The van der Waals surface area contributed by atoms with Gasteiger partial charge >= 0.3 is 0 Å². The third kappa shape index (κ3) is 1.71. The molecule has 1 aromatic heterocycles. The van der Waals surface area contributed by atoms with Crippen molar-refractivity contribution in [3.8, 4) is 18.2 Å². The molecule has 0 amide bonds. The van der Waals surface area contributed by atoms with Crippen molar-refractivity contribution in [2.75, 3.05) is 0 Å². The third-order valence-corrected chi connectivity index (χ3v) is 4.77. The van der Waals surface area contributed by atoms with Crippen molar-refractivity contribution in [3.05, 3.63) is 35.8 Å². The molecule has 0 aromatic carbocycles. The number of nitriles is 3. The van der Waals surface area contributed by atoms with E-state index < -0.39 is 17.3 Å². The van der Waals surface area contributed by atoms with Gasteiger partial charge in [0.1, 0.15) is 11.7 Å². The first kappa shape index (κ1) is 14.1. The molecule has 2 aliphatic carbocycles. The molecule has 108 valence electrons. The third-order valence-electron chi connectivity index (χ3n) is 4.77. The minimum atomic E-state index is -1.64. The van der Waals surface area contributed by atoms with Crippen molar-refractivity contribution in [1.82, 2.24) is 0 Å². The minimum Gasteiger partial charge on any atom is -0.469 e. The summed E-state index contributed by atoms with van der Waals surface area (Å²) >= 11 is 0. The van der Waals surface area contributed by atoms with E-state index in [-0.39, 0.29) is 11.6 Å². The van der Waals surface area contributed by atoms with Gasteiger partial charge in [-0.05, 0) is 42.9 Å². The highest BCUT2D eigenvalue weighted by molar-refractivity contribution is 6.00. The van der Waals surface area contributed by atoms with Gasteiger partial charge in [0.2, 0.25) is 0 Å². The summed E-state index contributed by atoms with van der Waals surface area (Å²) in [5.41, 5.74) is -0.885. The Hall–Kier alpha value is -2.84. The van der Waals surface area contributed by atoms with Crippen LogP contribution < -0.4 is 0 Å². The minimum absolute atomic E-state index is 0.0991. The predicted octanol–water partition coefficient (Wildman–Crippen LogP) is 3.30. The summed E-state index contributed by atoms with van der Waals surface area (Å²) < 4.78 is 5.49. The maximum absolute atomic E-state index is 9.70. The first-order chi connectivity index (χ1) is 10.7. The average molecular weight is 290 g/mol. The van der Waals surface area contributed by atoms with Crippen molar-refractivity contribution in [3.63, 3.8) is 0 Å². The maximum Gasteiger partial charge on any atom is 0.192 e. The van der Waals surface area contributed by atoms with Crippen molar-refractivity contribution < 1.29 is 4.42 Å². The predicted molar refractivity (Wildman–Crippen MR) is 77.4 cm³/mol. The Labute approximate surface area is 128 Å². The summed E-state index contributed by atoms with van der Waals surface area (Å²) in [5.74, 6) is -0.864. The van der Waals surface area contributed by atoms with E-state index in [1.54, 1.807) is 12.1 Å². The zero-order valence-electron chi connectivity index (χ0n) is 11.9.